The number of aliphatic hydroxyl groups is 1. The highest BCUT2D eigenvalue weighted by Crippen LogP contribution is 2.45. The second-order valence-corrected chi connectivity index (χ2v) is 8.61. The number of anilines is 1. The molecule has 1 aliphatic rings. The molecule has 10 nitrogen and oxygen atoms in total. The normalized spacial score (nSPS) is 16.7. The molecule has 1 unspecified atom stereocenters. The largest absolute Gasteiger partial charge is 0.507 e. The summed E-state index contributed by atoms with van der Waals surface area (Å²) < 4.78 is 10.3. The van der Waals surface area contributed by atoms with Crippen LogP contribution in [0, 0.1) is 6.92 Å². The molecule has 0 spiro atoms. The molecule has 11 heteroatoms. The van der Waals surface area contributed by atoms with Crippen molar-refractivity contribution in [3.63, 3.8) is 0 Å². The molecule has 36 heavy (non-hydrogen) atoms. The number of thiazole rings is 1. The lowest BCUT2D eigenvalue weighted by molar-refractivity contribution is -0.132. The average molecular weight is 508 g/mol. The van der Waals surface area contributed by atoms with Gasteiger partial charge in [-0.15, -0.1) is 0 Å². The molecule has 3 aromatic rings. The Balaban J connectivity index is 1.91. The first-order chi connectivity index (χ1) is 17.3. The Labute approximate surface area is 209 Å². The Bertz CT molecular complexity index is 1400. The van der Waals surface area contributed by atoms with Gasteiger partial charge in [0.15, 0.2) is 16.6 Å². The van der Waals surface area contributed by atoms with E-state index in [0.717, 1.165) is 16.2 Å². The molecule has 1 fully saturated rings. The van der Waals surface area contributed by atoms with E-state index in [2.05, 4.69) is 16.5 Å². The number of rotatable bonds is 7. The number of phenols is 1. The SMILES string of the molecule is C=CCOC(=O)c1sc(N2C(=O)C(=O)/C(=C(/O)c3ccncc3)C2c2ccc(O)c(OC)c2)nc1C. The maximum Gasteiger partial charge on any atom is 0.350 e. The maximum atomic E-state index is 13.3. The predicted molar refractivity (Wildman–Crippen MR) is 131 cm³/mol. The minimum atomic E-state index is -1.13. The first-order valence-electron chi connectivity index (χ1n) is 10.6. The van der Waals surface area contributed by atoms with E-state index in [4.69, 9.17) is 9.47 Å². The number of benzene rings is 1. The topological polar surface area (TPSA) is 139 Å². The summed E-state index contributed by atoms with van der Waals surface area (Å²) in [6.07, 6.45) is 4.30. The highest BCUT2D eigenvalue weighted by atomic mass is 32.1. The third-order valence-electron chi connectivity index (χ3n) is 5.43. The molecule has 2 N–H and O–H groups in total. The molecule has 0 bridgehead atoms. The van der Waals surface area contributed by atoms with Crippen molar-refractivity contribution in [2.45, 2.75) is 13.0 Å². The number of methoxy groups -OCH3 is 1. The van der Waals surface area contributed by atoms with E-state index in [0.29, 0.717) is 11.3 Å². The Morgan fingerprint density at radius 2 is 1.97 bits per heavy atom. The number of ether oxygens (including phenoxy) is 2. The second-order valence-electron chi connectivity index (χ2n) is 7.63. The van der Waals surface area contributed by atoms with Crippen LogP contribution in [0.25, 0.3) is 5.76 Å². The third kappa shape index (κ3) is 4.31. The van der Waals surface area contributed by atoms with Crippen molar-refractivity contribution in [1.29, 1.82) is 0 Å². The summed E-state index contributed by atoms with van der Waals surface area (Å²) >= 11 is 0.880. The van der Waals surface area contributed by atoms with Gasteiger partial charge in [0.2, 0.25) is 0 Å². The van der Waals surface area contributed by atoms with Gasteiger partial charge in [-0.2, -0.15) is 0 Å². The predicted octanol–water partition coefficient (Wildman–Crippen LogP) is 3.53. The number of aromatic nitrogens is 2. The van der Waals surface area contributed by atoms with Gasteiger partial charge in [-0.3, -0.25) is 19.5 Å². The van der Waals surface area contributed by atoms with Crippen molar-refractivity contribution < 1.29 is 34.1 Å². The molecule has 3 heterocycles. The quantitative estimate of drug-likeness (QED) is 0.162. The van der Waals surface area contributed by atoms with Crippen LogP contribution in [0.1, 0.15) is 32.5 Å². The zero-order chi connectivity index (χ0) is 26.0. The molecular formula is C25H21N3O7S. The third-order valence-corrected chi connectivity index (χ3v) is 6.56. The number of carbonyl (C=O) groups excluding carboxylic acids is 3. The molecule has 1 amide bonds. The van der Waals surface area contributed by atoms with Gasteiger partial charge in [0.1, 0.15) is 17.2 Å². The molecule has 184 valence electrons. The number of Topliss-reactive ketones (excluding diaryl/α,β-unsaturated/α-hetero) is 1. The van der Waals surface area contributed by atoms with Gasteiger partial charge in [0.25, 0.3) is 5.78 Å². The van der Waals surface area contributed by atoms with E-state index in [1.807, 2.05) is 0 Å². The summed E-state index contributed by atoms with van der Waals surface area (Å²) in [5.41, 5.74) is 0.760. The highest BCUT2D eigenvalue weighted by molar-refractivity contribution is 7.17. The highest BCUT2D eigenvalue weighted by Gasteiger charge is 2.48. The van der Waals surface area contributed by atoms with E-state index in [-0.39, 0.29) is 39.3 Å². The van der Waals surface area contributed by atoms with Gasteiger partial charge >= 0.3 is 11.9 Å². The lowest BCUT2D eigenvalue weighted by atomic mass is 9.95. The number of phenolic OH excluding ortho intramolecular Hbond substituents is 1. The van der Waals surface area contributed by atoms with Gasteiger partial charge in [0, 0.05) is 18.0 Å². The number of nitrogens with zero attached hydrogens (tertiary/aromatic N) is 3. The molecule has 1 aromatic carbocycles. The molecule has 0 radical (unpaired) electrons. The van der Waals surface area contributed by atoms with Gasteiger partial charge in [-0.25, -0.2) is 9.78 Å². The fourth-order valence-corrected chi connectivity index (χ4v) is 4.74. The van der Waals surface area contributed by atoms with Gasteiger partial charge in [0.05, 0.1) is 24.4 Å². The minimum absolute atomic E-state index is 0.00471. The second kappa shape index (κ2) is 10.0. The van der Waals surface area contributed by atoms with Crippen molar-refractivity contribution in [2.24, 2.45) is 0 Å². The van der Waals surface area contributed by atoms with Crippen molar-refractivity contribution in [3.05, 3.63) is 82.7 Å². The first-order valence-corrected chi connectivity index (χ1v) is 11.4. The summed E-state index contributed by atoms with van der Waals surface area (Å²) in [5.74, 6) is -2.98. The van der Waals surface area contributed by atoms with E-state index < -0.39 is 29.5 Å². The van der Waals surface area contributed by atoms with Gasteiger partial charge < -0.3 is 19.7 Å². The van der Waals surface area contributed by atoms with Crippen LogP contribution in [-0.2, 0) is 14.3 Å². The van der Waals surface area contributed by atoms with Crippen LogP contribution < -0.4 is 9.64 Å². The van der Waals surface area contributed by atoms with Crippen molar-refractivity contribution in [2.75, 3.05) is 18.6 Å². The summed E-state index contributed by atoms with van der Waals surface area (Å²) in [6, 6.07) is 6.18. The van der Waals surface area contributed by atoms with Crippen LogP contribution in [0.2, 0.25) is 0 Å². The Morgan fingerprint density at radius 1 is 1.25 bits per heavy atom. The Kier molecular flexibility index (Phi) is 6.84. The fourth-order valence-electron chi connectivity index (χ4n) is 3.75. The number of hydrogen-bond acceptors (Lipinski definition) is 10. The van der Waals surface area contributed by atoms with E-state index in [1.165, 1.54) is 55.9 Å². The van der Waals surface area contributed by atoms with Crippen LogP contribution in [0.4, 0.5) is 5.13 Å². The molecule has 2 aromatic heterocycles. The number of aryl methyl sites for hydroxylation is 1. The molecular weight excluding hydrogens is 486 g/mol. The minimum Gasteiger partial charge on any atom is -0.507 e. The molecule has 1 saturated heterocycles. The number of hydrogen-bond donors (Lipinski definition) is 2. The number of aliphatic hydroxyl groups excluding tert-OH is 1. The van der Waals surface area contributed by atoms with E-state index in [1.54, 1.807) is 6.92 Å². The summed E-state index contributed by atoms with van der Waals surface area (Å²) in [6.45, 7) is 5.08. The van der Waals surface area contributed by atoms with Crippen LogP contribution in [0.5, 0.6) is 11.5 Å². The maximum absolute atomic E-state index is 13.3. The fraction of sp³-hybridized carbons (Fsp3) is 0.160. The Hall–Kier alpha value is -4.51. The summed E-state index contributed by atoms with van der Waals surface area (Å²) in [5, 5.41) is 21.2. The number of carbonyl (C=O) groups is 3. The summed E-state index contributed by atoms with van der Waals surface area (Å²) in [7, 11) is 1.36. The molecule has 0 saturated carbocycles. The van der Waals surface area contributed by atoms with Crippen molar-refractivity contribution >= 4 is 39.9 Å². The van der Waals surface area contributed by atoms with E-state index in [9.17, 15) is 24.6 Å². The standard InChI is InChI=1S/C25H21N3O7S/c1-4-11-35-24(33)22-13(2)27-25(36-22)28-19(15-5-6-16(29)17(12-15)34-3)18(21(31)23(28)32)20(30)14-7-9-26-10-8-14/h4-10,12,19,29-30H,1,11H2,2-3H3/b20-18+. The number of amides is 1. The van der Waals surface area contributed by atoms with Gasteiger partial charge in [-0.05, 0) is 36.8 Å². The average Bonchev–Trinajstić information content (AvgIpc) is 3.39. The molecule has 1 atom stereocenters. The van der Waals surface area contributed by atoms with E-state index >= 15 is 0 Å². The molecule has 1 aliphatic heterocycles. The number of esters is 1. The number of aromatic hydroxyl groups is 1. The number of pyridine rings is 1. The Morgan fingerprint density at radius 3 is 2.64 bits per heavy atom. The zero-order valence-corrected chi connectivity index (χ0v) is 20.1. The van der Waals surface area contributed by atoms with Crippen LogP contribution in [0.3, 0.4) is 0 Å². The lowest BCUT2D eigenvalue weighted by Crippen LogP contribution is -2.29. The molecule has 4 rings (SSSR count). The lowest BCUT2D eigenvalue weighted by Gasteiger charge is -2.23. The summed E-state index contributed by atoms with van der Waals surface area (Å²) in [4.78, 5) is 48.5. The van der Waals surface area contributed by atoms with Crippen molar-refractivity contribution in [3.8, 4) is 11.5 Å². The molecule has 0 aliphatic carbocycles. The van der Waals surface area contributed by atoms with Crippen molar-refractivity contribution in [1.82, 2.24) is 9.97 Å². The monoisotopic (exact) mass is 507 g/mol. The van der Waals surface area contributed by atoms with Crippen LogP contribution in [-0.4, -0.2) is 51.6 Å². The first kappa shape index (κ1) is 24.6. The van der Waals surface area contributed by atoms with Crippen LogP contribution in [0.15, 0.2) is 61.0 Å². The number of ketones is 1. The zero-order valence-electron chi connectivity index (χ0n) is 19.3. The van der Waals surface area contributed by atoms with Crippen LogP contribution >= 0.6 is 11.3 Å². The van der Waals surface area contributed by atoms with Gasteiger partial charge in [-0.1, -0.05) is 30.1 Å². The smallest absolute Gasteiger partial charge is 0.350 e.